The number of rotatable bonds is 5. The molecule has 20 heavy (non-hydrogen) atoms. The number of anilines is 1. The van der Waals surface area contributed by atoms with Gasteiger partial charge in [-0.05, 0) is 49.7 Å². The highest BCUT2D eigenvalue weighted by Crippen LogP contribution is 2.29. The van der Waals surface area contributed by atoms with E-state index in [0.717, 1.165) is 11.3 Å². The number of benzene rings is 2. The van der Waals surface area contributed by atoms with Crippen LogP contribution < -0.4 is 10.1 Å². The molecule has 4 heteroatoms. The molecule has 0 bridgehead atoms. The second-order valence-electron chi connectivity index (χ2n) is 4.54. The molecule has 0 aliphatic rings. The summed E-state index contributed by atoms with van der Waals surface area (Å²) in [4.78, 5) is 0. The summed E-state index contributed by atoms with van der Waals surface area (Å²) in [5.74, 6) is 0.950. The van der Waals surface area contributed by atoms with E-state index in [1.54, 1.807) is 12.1 Å². The van der Waals surface area contributed by atoms with Crippen LogP contribution in [-0.2, 0) is 0 Å². The Labute approximate surface area is 124 Å². The number of nitrogens with one attached hydrogen (secondary N) is 1. The van der Waals surface area contributed by atoms with Gasteiger partial charge >= 0.3 is 0 Å². The molecule has 2 aromatic carbocycles. The maximum absolute atomic E-state index is 9.50. The van der Waals surface area contributed by atoms with E-state index < -0.39 is 0 Å². The van der Waals surface area contributed by atoms with Crippen LogP contribution in [0.25, 0.3) is 0 Å². The van der Waals surface area contributed by atoms with Gasteiger partial charge < -0.3 is 15.2 Å². The Morgan fingerprint density at radius 2 is 2.05 bits per heavy atom. The van der Waals surface area contributed by atoms with E-state index in [0.29, 0.717) is 17.4 Å². The second kappa shape index (κ2) is 6.53. The van der Waals surface area contributed by atoms with Gasteiger partial charge in [-0.15, -0.1) is 0 Å². The van der Waals surface area contributed by atoms with Crippen molar-refractivity contribution in [3.05, 3.63) is 53.1 Å². The van der Waals surface area contributed by atoms with Crippen LogP contribution in [0.15, 0.2) is 42.5 Å². The van der Waals surface area contributed by atoms with Gasteiger partial charge in [0.15, 0.2) is 0 Å². The van der Waals surface area contributed by atoms with Crippen molar-refractivity contribution in [2.24, 2.45) is 0 Å². The minimum Gasteiger partial charge on any atom is -0.508 e. The van der Waals surface area contributed by atoms with E-state index in [2.05, 4.69) is 5.32 Å². The molecule has 0 saturated carbocycles. The molecule has 0 aliphatic carbocycles. The van der Waals surface area contributed by atoms with Gasteiger partial charge in [0, 0.05) is 11.7 Å². The molecule has 2 N–H and O–H groups in total. The first-order valence-corrected chi connectivity index (χ1v) is 6.95. The number of hydrogen-bond acceptors (Lipinski definition) is 3. The van der Waals surface area contributed by atoms with Gasteiger partial charge in [0.05, 0.1) is 11.6 Å². The first-order valence-electron chi connectivity index (χ1n) is 6.58. The van der Waals surface area contributed by atoms with Gasteiger partial charge in [-0.2, -0.15) is 0 Å². The average molecular weight is 292 g/mol. The Hall–Kier alpha value is -1.87. The van der Waals surface area contributed by atoms with Crippen molar-refractivity contribution in [3.63, 3.8) is 0 Å². The van der Waals surface area contributed by atoms with Crippen LogP contribution >= 0.6 is 11.6 Å². The Morgan fingerprint density at radius 1 is 1.25 bits per heavy atom. The molecule has 2 rings (SSSR count). The van der Waals surface area contributed by atoms with E-state index in [-0.39, 0.29) is 11.8 Å². The Balaban J connectivity index is 2.11. The molecule has 1 atom stereocenters. The highest BCUT2D eigenvalue weighted by Gasteiger charge is 2.08. The van der Waals surface area contributed by atoms with Crippen molar-refractivity contribution in [1.82, 2.24) is 0 Å². The molecule has 0 radical (unpaired) electrons. The van der Waals surface area contributed by atoms with Crippen molar-refractivity contribution < 1.29 is 9.84 Å². The predicted molar refractivity (Wildman–Crippen MR) is 82.8 cm³/mol. The highest BCUT2D eigenvalue weighted by atomic mass is 35.5. The molecule has 3 nitrogen and oxygen atoms in total. The Kier molecular flexibility index (Phi) is 4.74. The largest absolute Gasteiger partial charge is 0.508 e. The molecule has 0 heterocycles. The normalized spacial score (nSPS) is 11.9. The van der Waals surface area contributed by atoms with Crippen molar-refractivity contribution in [2.75, 3.05) is 11.9 Å². The highest BCUT2D eigenvalue weighted by molar-refractivity contribution is 6.32. The van der Waals surface area contributed by atoms with Crippen LogP contribution in [-0.4, -0.2) is 11.7 Å². The molecule has 2 aromatic rings. The zero-order valence-corrected chi connectivity index (χ0v) is 12.3. The first-order chi connectivity index (χ1) is 9.60. The lowest BCUT2D eigenvalue weighted by molar-refractivity contribution is 0.340. The minimum absolute atomic E-state index is 0.0658. The number of hydrogen-bond donors (Lipinski definition) is 2. The zero-order valence-electron chi connectivity index (χ0n) is 11.6. The maximum Gasteiger partial charge on any atom is 0.138 e. The van der Waals surface area contributed by atoms with Crippen molar-refractivity contribution in [2.45, 2.75) is 19.9 Å². The average Bonchev–Trinajstić information content (AvgIpc) is 2.42. The van der Waals surface area contributed by atoms with E-state index in [9.17, 15) is 5.11 Å². The Bertz CT molecular complexity index is 586. The molecule has 0 aliphatic heterocycles. The van der Waals surface area contributed by atoms with Gasteiger partial charge in [-0.25, -0.2) is 0 Å². The smallest absolute Gasteiger partial charge is 0.138 e. The fraction of sp³-hybridized carbons (Fsp3) is 0.250. The van der Waals surface area contributed by atoms with Crippen LogP contribution in [0.1, 0.15) is 25.5 Å². The van der Waals surface area contributed by atoms with Gasteiger partial charge in [-0.1, -0.05) is 23.7 Å². The van der Waals surface area contributed by atoms with Crippen molar-refractivity contribution in [3.8, 4) is 11.5 Å². The van der Waals surface area contributed by atoms with Crippen LogP contribution in [0.3, 0.4) is 0 Å². The fourth-order valence-electron chi connectivity index (χ4n) is 1.99. The molecule has 0 amide bonds. The molecular formula is C16H18ClNO2. The van der Waals surface area contributed by atoms with Crippen molar-refractivity contribution >= 4 is 17.3 Å². The summed E-state index contributed by atoms with van der Waals surface area (Å²) in [6.07, 6.45) is 0. The third-order valence-electron chi connectivity index (χ3n) is 2.99. The monoisotopic (exact) mass is 291 g/mol. The summed E-state index contributed by atoms with van der Waals surface area (Å²) in [5, 5.41) is 13.4. The van der Waals surface area contributed by atoms with Gasteiger partial charge in [0.1, 0.15) is 11.5 Å². The lowest BCUT2D eigenvalue weighted by Crippen LogP contribution is -2.06. The number of phenols is 1. The van der Waals surface area contributed by atoms with E-state index in [1.165, 1.54) is 0 Å². The fourth-order valence-corrected chi connectivity index (χ4v) is 2.23. The summed E-state index contributed by atoms with van der Waals surface area (Å²) in [6, 6.07) is 12.9. The van der Waals surface area contributed by atoms with E-state index in [1.807, 2.05) is 44.2 Å². The third kappa shape index (κ3) is 3.58. The molecular weight excluding hydrogens is 274 g/mol. The summed E-state index contributed by atoms with van der Waals surface area (Å²) < 4.78 is 5.40. The standard InChI is InChI=1S/C16H18ClNO2/c1-3-20-16-8-7-13(10-15(16)17)18-11(2)12-5-4-6-14(19)9-12/h4-11,18-19H,3H2,1-2H3. The SMILES string of the molecule is CCOc1ccc(NC(C)c2cccc(O)c2)cc1Cl. The lowest BCUT2D eigenvalue weighted by Gasteiger charge is -2.17. The topological polar surface area (TPSA) is 41.5 Å². The van der Waals surface area contributed by atoms with Crippen molar-refractivity contribution in [1.29, 1.82) is 0 Å². The van der Waals surface area contributed by atoms with Crippen LogP contribution in [0.5, 0.6) is 11.5 Å². The minimum atomic E-state index is 0.0658. The molecule has 0 fully saturated rings. The lowest BCUT2D eigenvalue weighted by atomic mass is 10.1. The molecule has 0 spiro atoms. The van der Waals surface area contributed by atoms with Crippen LogP contribution in [0.2, 0.25) is 5.02 Å². The third-order valence-corrected chi connectivity index (χ3v) is 3.28. The van der Waals surface area contributed by atoms with E-state index in [4.69, 9.17) is 16.3 Å². The van der Waals surface area contributed by atoms with Crippen LogP contribution in [0, 0.1) is 0 Å². The van der Waals surface area contributed by atoms with Gasteiger partial charge in [0.2, 0.25) is 0 Å². The molecule has 1 unspecified atom stereocenters. The molecule has 0 saturated heterocycles. The quantitative estimate of drug-likeness (QED) is 0.845. The number of aromatic hydroxyl groups is 1. The first kappa shape index (κ1) is 14.5. The second-order valence-corrected chi connectivity index (χ2v) is 4.95. The predicted octanol–water partition coefficient (Wildman–Crippen LogP) is 4.62. The Morgan fingerprint density at radius 3 is 2.70 bits per heavy atom. The number of ether oxygens (including phenoxy) is 1. The number of phenolic OH excluding ortho intramolecular Hbond substituents is 1. The maximum atomic E-state index is 9.50. The summed E-state index contributed by atoms with van der Waals surface area (Å²) in [7, 11) is 0. The summed E-state index contributed by atoms with van der Waals surface area (Å²) in [6.45, 7) is 4.54. The van der Waals surface area contributed by atoms with Crippen LogP contribution in [0.4, 0.5) is 5.69 Å². The molecule has 106 valence electrons. The molecule has 0 aromatic heterocycles. The van der Waals surface area contributed by atoms with Gasteiger partial charge in [0.25, 0.3) is 0 Å². The van der Waals surface area contributed by atoms with Gasteiger partial charge in [-0.3, -0.25) is 0 Å². The zero-order chi connectivity index (χ0) is 14.5. The summed E-state index contributed by atoms with van der Waals surface area (Å²) >= 11 is 6.16. The summed E-state index contributed by atoms with van der Waals surface area (Å²) in [5.41, 5.74) is 1.92. The number of halogens is 1. The van der Waals surface area contributed by atoms with E-state index >= 15 is 0 Å².